The van der Waals surface area contributed by atoms with Gasteiger partial charge in [0.2, 0.25) is 5.75 Å². The van der Waals surface area contributed by atoms with E-state index in [9.17, 15) is 24.9 Å². The van der Waals surface area contributed by atoms with Gasteiger partial charge in [-0.25, -0.2) is 9.59 Å². The molecule has 0 bridgehead atoms. The predicted octanol–water partition coefficient (Wildman–Crippen LogP) is 1.63. The number of hydrogen-bond acceptors (Lipinski definition) is 6. The second kappa shape index (κ2) is 7.08. The molecule has 1 amide bonds. The van der Waals surface area contributed by atoms with E-state index in [1.54, 1.807) is 20.8 Å². The van der Waals surface area contributed by atoms with E-state index in [1.165, 1.54) is 19.2 Å². The summed E-state index contributed by atoms with van der Waals surface area (Å²) in [6.45, 7) is 4.97. The van der Waals surface area contributed by atoms with Crippen LogP contribution in [0, 0.1) is 0 Å². The lowest BCUT2D eigenvalue weighted by atomic mass is 10.0. The van der Waals surface area contributed by atoms with Gasteiger partial charge < -0.3 is 30.1 Å². The van der Waals surface area contributed by atoms with Crippen molar-refractivity contribution in [2.75, 3.05) is 7.11 Å². The van der Waals surface area contributed by atoms with Crippen molar-refractivity contribution >= 4 is 12.1 Å². The first kappa shape index (κ1) is 18.4. The first-order chi connectivity index (χ1) is 10.5. The Balaban J connectivity index is 2.91. The summed E-state index contributed by atoms with van der Waals surface area (Å²) >= 11 is 0. The normalized spacial score (nSPS) is 12.3. The van der Waals surface area contributed by atoms with Gasteiger partial charge >= 0.3 is 12.1 Å². The van der Waals surface area contributed by atoms with E-state index in [0.29, 0.717) is 5.56 Å². The molecule has 0 radical (unpaired) electrons. The minimum atomic E-state index is -1.27. The average Bonchev–Trinajstić information content (AvgIpc) is 2.39. The van der Waals surface area contributed by atoms with E-state index in [4.69, 9.17) is 9.47 Å². The smallest absolute Gasteiger partial charge is 0.408 e. The van der Waals surface area contributed by atoms with Crippen LogP contribution in [0.1, 0.15) is 26.3 Å². The highest BCUT2D eigenvalue weighted by molar-refractivity contribution is 5.80. The maximum absolute atomic E-state index is 11.7. The first-order valence-corrected chi connectivity index (χ1v) is 6.84. The molecule has 0 saturated carbocycles. The maximum atomic E-state index is 11.7. The molecule has 0 saturated heterocycles. The Morgan fingerprint density at radius 2 is 1.87 bits per heavy atom. The number of aromatic hydroxyl groups is 2. The molecule has 0 fully saturated rings. The third-order valence-electron chi connectivity index (χ3n) is 2.76. The Labute approximate surface area is 133 Å². The molecule has 0 heterocycles. The molecule has 0 aliphatic rings. The van der Waals surface area contributed by atoms with Gasteiger partial charge in [-0.15, -0.1) is 0 Å². The van der Waals surface area contributed by atoms with E-state index in [1.807, 2.05) is 0 Å². The zero-order valence-corrected chi connectivity index (χ0v) is 13.4. The molecular formula is C15H21NO7. The van der Waals surface area contributed by atoms with Gasteiger partial charge in [0.15, 0.2) is 11.5 Å². The number of carboxylic acids is 1. The number of hydrogen-bond donors (Lipinski definition) is 4. The zero-order chi connectivity index (χ0) is 17.8. The Morgan fingerprint density at radius 1 is 1.26 bits per heavy atom. The van der Waals surface area contributed by atoms with E-state index in [2.05, 4.69) is 5.32 Å². The fourth-order valence-corrected chi connectivity index (χ4v) is 1.81. The summed E-state index contributed by atoms with van der Waals surface area (Å²) in [5.74, 6) is -2.15. The topological polar surface area (TPSA) is 125 Å². The van der Waals surface area contributed by atoms with Gasteiger partial charge in [0.05, 0.1) is 7.11 Å². The van der Waals surface area contributed by atoms with Crippen LogP contribution in [0.3, 0.4) is 0 Å². The van der Waals surface area contributed by atoms with Crippen molar-refractivity contribution in [1.29, 1.82) is 0 Å². The standard InChI is InChI=1S/C15H21NO7/c1-15(2,3)23-14(21)16-9(13(19)20)5-8-6-10(17)12(18)11(7-8)22-4/h6-7,9,17-18H,5H2,1-4H3,(H,16,21)(H,19,20). The highest BCUT2D eigenvalue weighted by Gasteiger charge is 2.25. The third-order valence-corrected chi connectivity index (χ3v) is 2.76. The minimum Gasteiger partial charge on any atom is -0.504 e. The van der Waals surface area contributed by atoms with Crippen molar-refractivity contribution in [3.05, 3.63) is 17.7 Å². The van der Waals surface area contributed by atoms with E-state index in [-0.39, 0.29) is 12.2 Å². The average molecular weight is 327 g/mol. The van der Waals surface area contributed by atoms with Crippen LogP contribution < -0.4 is 10.1 Å². The highest BCUT2D eigenvalue weighted by atomic mass is 16.6. The second-order valence-corrected chi connectivity index (χ2v) is 5.91. The lowest BCUT2D eigenvalue weighted by Gasteiger charge is -2.22. The number of nitrogens with one attached hydrogen (secondary N) is 1. The number of aliphatic carboxylic acids is 1. The first-order valence-electron chi connectivity index (χ1n) is 6.84. The number of phenols is 2. The molecule has 1 aromatic carbocycles. The molecule has 0 aromatic heterocycles. The molecule has 23 heavy (non-hydrogen) atoms. The Hall–Kier alpha value is -2.64. The summed E-state index contributed by atoms with van der Waals surface area (Å²) < 4.78 is 9.90. The van der Waals surface area contributed by atoms with Crippen molar-refractivity contribution in [3.63, 3.8) is 0 Å². The third kappa shape index (κ3) is 5.57. The van der Waals surface area contributed by atoms with Gasteiger partial charge in [0.1, 0.15) is 11.6 Å². The van der Waals surface area contributed by atoms with Gasteiger partial charge in [-0.1, -0.05) is 0 Å². The SMILES string of the molecule is COc1cc(CC(NC(=O)OC(C)(C)C)C(=O)O)cc(O)c1O. The van der Waals surface area contributed by atoms with Crippen molar-refractivity contribution in [2.24, 2.45) is 0 Å². The van der Waals surface area contributed by atoms with E-state index < -0.39 is 35.2 Å². The Bertz CT molecular complexity index is 592. The maximum Gasteiger partial charge on any atom is 0.408 e. The van der Waals surface area contributed by atoms with Crippen LogP contribution in [-0.2, 0) is 16.0 Å². The highest BCUT2D eigenvalue weighted by Crippen LogP contribution is 2.36. The Kier molecular flexibility index (Phi) is 5.67. The van der Waals surface area contributed by atoms with E-state index in [0.717, 1.165) is 0 Å². The molecule has 4 N–H and O–H groups in total. The number of carbonyl (C=O) groups excluding carboxylic acids is 1. The molecular weight excluding hydrogens is 306 g/mol. The van der Waals surface area contributed by atoms with Crippen LogP contribution in [0.2, 0.25) is 0 Å². The molecule has 0 aliphatic heterocycles. The van der Waals surface area contributed by atoms with E-state index >= 15 is 0 Å². The lowest BCUT2D eigenvalue weighted by Crippen LogP contribution is -2.44. The van der Waals surface area contributed by atoms with Crippen LogP contribution in [0.25, 0.3) is 0 Å². The molecule has 128 valence electrons. The lowest BCUT2D eigenvalue weighted by molar-refractivity contribution is -0.139. The monoisotopic (exact) mass is 327 g/mol. The number of alkyl carbamates (subject to hydrolysis) is 1. The van der Waals surface area contributed by atoms with Gasteiger partial charge in [-0.3, -0.25) is 0 Å². The van der Waals surface area contributed by atoms with Crippen LogP contribution in [0.5, 0.6) is 17.2 Å². The molecule has 0 spiro atoms. The van der Waals surface area contributed by atoms with Crippen molar-refractivity contribution in [1.82, 2.24) is 5.32 Å². The fraction of sp³-hybridized carbons (Fsp3) is 0.467. The molecule has 8 nitrogen and oxygen atoms in total. The van der Waals surface area contributed by atoms with Crippen molar-refractivity contribution < 1.29 is 34.4 Å². The molecule has 1 atom stereocenters. The molecule has 0 aliphatic carbocycles. The number of amides is 1. The van der Waals surface area contributed by atoms with Crippen molar-refractivity contribution in [2.45, 2.75) is 38.8 Å². The molecule has 1 unspecified atom stereocenters. The summed E-state index contributed by atoms with van der Waals surface area (Å²) in [5.41, 5.74) is -0.395. The summed E-state index contributed by atoms with van der Waals surface area (Å²) in [6.07, 6.45) is -0.987. The van der Waals surface area contributed by atoms with Gasteiger partial charge in [-0.05, 0) is 38.5 Å². The number of ether oxygens (including phenoxy) is 2. The predicted molar refractivity (Wildman–Crippen MR) is 80.8 cm³/mol. The van der Waals surface area contributed by atoms with Gasteiger partial charge in [0, 0.05) is 6.42 Å². The summed E-state index contributed by atoms with van der Waals surface area (Å²) in [5, 5.41) is 30.6. The van der Waals surface area contributed by atoms with Crippen LogP contribution in [0.4, 0.5) is 4.79 Å². The van der Waals surface area contributed by atoms with Gasteiger partial charge in [-0.2, -0.15) is 0 Å². The number of phenolic OH excluding ortho intramolecular Hbond substituents is 2. The van der Waals surface area contributed by atoms with Crippen LogP contribution in [-0.4, -0.2) is 46.1 Å². The second-order valence-electron chi connectivity index (χ2n) is 5.91. The largest absolute Gasteiger partial charge is 0.504 e. The summed E-state index contributed by atoms with van der Waals surface area (Å²) in [6, 6.07) is 1.31. The molecule has 8 heteroatoms. The number of carbonyl (C=O) groups is 2. The number of rotatable bonds is 5. The molecule has 1 aromatic rings. The Morgan fingerprint density at radius 3 is 2.35 bits per heavy atom. The van der Waals surface area contributed by atoms with Crippen LogP contribution in [0.15, 0.2) is 12.1 Å². The quantitative estimate of drug-likeness (QED) is 0.606. The number of benzene rings is 1. The van der Waals surface area contributed by atoms with Gasteiger partial charge in [0.25, 0.3) is 0 Å². The zero-order valence-electron chi connectivity index (χ0n) is 13.4. The minimum absolute atomic E-state index is 0.00130. The van der Waals surface area contributed by atoms with Crippen LogP contribution >= 0.6 is 0 Å². The summed E-state index contributed by atoms with van der Waals surface area (Å²) in [4.78, 5) is 23.0. The fourth-order valence-electron chi connectivity index (χ4n) is 1.81. The number of carboxylic acid groups (broad SMARTS) is 1. The summed E-state index contributed by atoms with van der Waals surface area (Å²) in [7, 11) is 1.30. The molecule has 1 rings (SSSR count). The number of methoxy groups -OCH3 is 1. The van der Waals surface area contributed by atoms with Crippen molar-refractivity contribution in [3.8, 4) is 17.2 Å².